The van der Waals surface area contributed by atoms with Gasteiger partial charge in [-0.3, -0.25) is 14.4 Å². The van der Waals surface area contributed by atoms with E-state index in [0.29, 0.717) is 19.6 Å². The Morgan fingerprint density at radius 3 is 2.55 bits per heavy atom. The molecule has 0 saturated heterocycles. The fraction of sp³-hybridized carbons (Fsp3) is 0.387. The summed E-state index contributed by atoms with van der Waals surface area (Å²) in [7, 11) is 1.62. The number of ketones is 1. The molecule has 1 aliphatic heterocycles. The molecule has 1 amide bonds. The predicted molar refractivity (Wildman–Crippen MR) is 145 cm³/mol. The highest BCUT2D eigenvalue weighted by Gasteiger charge is 2.61. The molecule has 2 aromatic carbocycles. The fourth-order valence-corrected chi connectivity index (χ4v) is 5.58. The highest BCUT2D eigenvalue weighted by Crippen LogP contribution is 2.54. The Bertz CT molecular complexity index is 1500. The smallest absolute Gasteiger partial charge is 0.274 e. The van der Waals surface area contributed by atoms with Gasteiger partial charge in [0.05, 0.1) is 17.7 Å². The van der Waals surface area contributed by atoms with Crippen LogP contribution in [0.4, 0.5) is 8.78 Å². The van der Waals surface area contributed by atoms with E-state index in [9.17, 15) is 23.2 Å². The summed E-state index contributed by atoms with van der Waals surface area (Å²) in [6.07, 6.45) is 2.00. The van der Waals surface area contributed by atoms with Crippen LogP contribution in [0.5, 0.6) is 5.75 Å². The van der Waals surface area contributed by atoms with Crippen LogP contribution in [0, 0.1) is 17.6 Å². The molecule has 2 atom stereocenters. The van der Waals surface area contributed by atoms with Gasteiger partial charge in [-0.25, -0.2) is 8.78 Å². The summed E-state index contributed by atoms with van der Waals surface area (Å²) in [4.78, 5) is 42.8. The van der Waals surface area contributed by atoms with Gasteiger partial charge in [-0.2, -0.15) is 0 Å². The van der Waals surface area contributed by atoms with Crippen LogP contribution in [-0.4, -0.2) is 47.5 Å². The number of aryl methyl sites for hydroxylation is 1. The van der Waals surface area contributed by atoms with Gasteiger partial charge in [0, 0.05) is 44.3 Å². The van der Waals surface area contributed by atoms with Crippen LogP contribution in [0.2, 0.25) is 0 Å². The van der Waals surface area contributed by atoms with E-state index >= 15 is 0 Å². The van der Waals surface area contributed by atoms with Gasteiger partial charge in [0.1, 0.15) is 18.2 Å². The van der Waals surface area contributed by atoms with E-state index in [2.05, 4.69) is 0 Å². The molecule has 2 aliphatic rings. The molecule has 0 radical (unpaired) electrons. The molecule has 9 heteroatoms. The minimum absolute atomic E-state index is 0.0101. The lowest BCUT2D eigenvalue weighted by Crippen LogP contribution is -2.52. The maximum Gasteiger partial charge on any atom is 0.274 e. The van der Waals surface area contributed by atoms with Gasteiger partial charge in [0.25, 0.3) is 5.91 Å². The first-order chi connectivity index (χ1) is 19.2. The van der Waals surface area contributed by atoms with Crippen molar-refractivity contribution in [3.63, 3.8) is 0 Å². The van der Waals surface area contributed by atoms with Gasteiger partial charge in [-0.05, 0) is 43.9 Å². The molecule has 5 rings (SSSR count). The molecule has 1 fully saturated rings. The van der Waals surface area contributed by atoms with Crippen LogP contribution in [0.25, 0.3) is 0 Å². The lowest BCUT2D eigenvalue weighted by atomic mass is 9.99. The molecule has 0 N–H and O–H groups in total. The summed E-state index contributed by atoms with van der Waals surface area (Å²) in [6, 6.07) is 12.3. The molecule has 210 valence electrons. The fourth-order valence-electron chi connectivity index (χ4n) is 5.58. The van der Waals surface area contributed by atoms with Crippen LogP contribution in [-0.2, 0) is 23.3 Å². The number of amides is 1. The number of carbonyl (C=O) groups is 2. The van der Waals surface area contributed by atoms with Crippen molar-refractivity contribution in [1.82, 2.24) is 9.47 Å². The van der Waals surface area contributed by atoms with E-state index in [1.54, 1.807) is 16.6 Å². The largest absolute Gasteiger partial charge is 0.483 e. The minimum Gasteiger partial charge on any atom is -0.483 e. The Balaban J connectivity index is 1.58. The summed E-state index contributed by atoms with van der Waals surface area (Å²) in [5.41, 5.74) is -0.241. The standard InChI is InChI=1S/C31H32F2N2O5/c1-19(2)34-18-31(14-22(31)17-39-3)35-15-24(26(36)12-10-21-9-11-23(32)13-25(21)33)28(37)29(27(35)30(34)38)40-16-20-7-5-4-6-8-20/h4-9,11,13,15,19,22H,10,12,14,16-18H2,1-3H3/t22-,31+/m1/s1. The zero-order chi connectivity index (χ0) is 28.6. The van der Waals surface area contributed by atoms with Crippen LogP contribution < -0.4 is 10.2 Å². The van der Waals surface area contributed by atoms with Crippen molar-refractivity contribution in [1.29, 1.82) is 0 Å². The zero-order valence-corrected chi connectivity index (χ0v) is 22.8. The molecule has 0 unspecified atom stereocenters. The monoisotopic (exact) mass is 550 g/mol. The van der Waals surface area contributed by atoms with Crippen molar-refractivity contribution < 1.29 is 27.8 Å². The van der Waals surface area contributed by atoms with Crippen molar-refractivity contribution in [2.24, 2.45) is 5.92 Å². The maximum atomic E-state index is 14.2. The van der Waals surface area contributed by atoms with E-state index in [4.69, 9.17) is 9.47 Å². The van der Waals surface area contributed by atoms with E-state index < -0.39 is 28.4 Å². The average Bonchev–Trinajstić information content (AvgIpc) is 3.62. The molecule has 2 heterocycles. The first-order valence-electron chi connectivity index (χ1n) is 13.4. The van der Waals surface area contributed by atoms with E-state index in [1.165, 1.54) is 12.3 Å². The van der Waals surface area contributed by atoms with E-state index in [1.807, 2.05) is 44.2 Å². The van der Waals surface area contributed by atoms with E-state index in [-0.39, 0.29) is 59.9 Å². The van der Waals surface area contributed by atoms with Gasteiger partial charge in [0.15, 0.2) is 17.2 Å². The summed E-state index contributed by atoms with van der Waals surface area (Å²) >= 11 is 0. The van der Waals surface area contributed by atoms with Gasteiger partial charge in [0.2, 0.25) is 5.43 Å². The number of hydrogen-bond donors (Lipinski definition) is 0. The number of methoxy groups -OCH3 is 1. The quantitative estimate of drug-likeness (QED) is 0.341. The van der Waals surface area contributed by atoms with Crippen LogP contribution in [0.15, 0.2) is 59.5 Å². The van der Waals surface area contributed by atoms with Gasteiger partial charge in [-0.15, -0.1) is 0 Å². The molecule has 1 aromatic heterocycles. The third-order valence-electron chi connectivity index (χ3n) is 7.91. The van der Waals surface area contributed by atoms with Crippen molar-refractivity contribution >= 4 is 11.7 Å². The van der Waals surface area contributed by atoms with Crippen molar-refractivity contribution in [3.05, 3.63) is 99.0 Å². The van der Waals surface area contributed by atoms with Gasteiger partial charge >= 0.3 is 0 Å². The lowest BCUT2D eigenvalue weighted by molar-refractivity contribution is 0.0539. The zero-order valence-electron chi connectivity index (χ0n) is 22.8. The minimum atomic E-state index is -0.749. The number of aromatic nitrogens is 1. The second-order valence-corrected chi connectivity index (χ2v) is 10.8. The first kappa shape index (κ1) is 27.7. The number of halogens is 2. The Hall–Kier alpha value is -3.85. The highest BCUT2D eigenvalue weighted by molar-refractivity contribution is 6.00. The molecule has 0 bridgehead atoms. The number of carbonyl (C=O) groups excluding carboxylic acids is 2. The first-order valence-corrected chi connectivity index (χ1v) is 13.4. The molecule has 7 nitrogen and oxygen atoms in total. The number of Topliss-reactive ketones (excluding diaryl/α,β-unsaturated/α-hetero) is 1. The topological polar surface area (TPSA) is 77.8 Å². The number of hydrogen-bond acceptors (Lipinski definition) is 5. The van der Waals surface area contributed by atoms with Crippen molar-refractivity contribution in [3.8, 4) is 5.75 Å². The Labute approximate surface area is 231 Å². The molecular formula is C31H32F2N2O5. The third-order valence-corrected chi connectivity index (χ3v) is 7.91. The van der Waals surface area contributed by atoms with Gasteiger partial charge in [-0.1, -0.05) is 36.4 Å². The lowest BCUT2D eigenvalue weighted by Gasteiger charge is -2.40. The van der Waals surface area contributed by atoms with Crippen molar-refractivity contribution in [2.75, 3.05) is 20.3 Å². The third kappa shape index (κ3) is 5.06. The highest BCUT2D eigenvalue weighted by atomic mass is 19.1. The molecular weight excluding hydrogens is 518 g/mol. The normalized spacial score (nSPS) is 19.7. The SMILES string of the molecule is COC[C@H]1C[C@]12CN(C(C)C)C(=O)c1c(OCc3ccccc3)c(=O)c(C(=O)CCc3ccc(F)cc3F)cn12. The molecule has 1 aliphatic carbocycles. The Morgan fingerprint density at radius 2 is 1.88 bits per heavy atom. The Morgan fingerprint density at radius 1 is 1.12 bits per heavy atom. The summed E-state index contributed by atoms with van der Waals surface area (Å²) in [5, 5.41) is 0. The van der Waals surface area contributed by atoms with Crippen LogP contribution in [0.3, 0.4) is 0 Å². The summed E-state index contributed by atoms with van der Waals surface area (Å²) in [6.45, 7) is 4.75. The Kier molecular flexibility index (Phi) is 7.59. The second kappa shape index (κ2) is 11.0. The maximum absolute atomic E-state index is 14.2. The second-order valence-electron chi connectivity index (χ2n) is 10.8. The van der Waals surface area contributed by atoms with Crippen LogP contribution >= 0.6 is 0 Å². The number of ether oxygens (including phenoxy) is 2. The number of nitrogens with zero attached hydrogens (tertiary/aromatic N) is 2. The van der Waals surface area contributed by atoms with Gasteiger partial charge < -0.3 is 18.9 Å². The summed E-state index contributed by atoms with van der Waals surface area (Å²) in [5.74, 6) is -2.39. The van der Waals surface area contributed by atoms with E-state index in [0.717, 1.165) is 17.7 Å². The molecule has 1 saturated carbocycles. The number of pyridine rings is 1. The molecule has 1 spiro atoms. The summed E-state index contributed by atoms with van der Waals surface area (Å²) < 4.78 is 40.8. The van der Waals surface area contributed by atoms with Crippen molar-refractivity contribution in [2.45, 2.75) is 51.3 Å². The average molecular weight is 551 g/mol. The molecule has 3 aromatic rings. The molecule has 40 heavy (non-hydrogen) atoms. The predicted octanol–water partition coefficient (Wildman–Crippen LogP) is 4.75. The number of fused-ring (bicyclic) bond motifs is 2. The number of rotatable bonds is 10. The van der Waals surface area contributed by atoms with Crippen LogP contribution in [0.1, 0.15) is 58.7 Å². The number of benzene rings is 2.